The molecule has 0 bridgehead atoms. The van der Waals surface area contributed by atoms with Gasteiger partial charge in [0.15, 0.2) is 0 Å². The molecule has 1 aliphatic rings. The molecule has 6 heteroatoms. The normalized spacial score (nSPS) is 15.7. The molecule has 2 amide bonds. The van der Waals surface area contributed by atoms with Crippen LogP contribution in [0.3, 0.4) is 0 Å². The van der Waals surface area contributed by atoms with Gasteiger partial charge in [-0.05, 0) is 36.8 Å². The van der Waals surface area contributed by atoms with Crippen molar-refractivity contribution >= 4 is 23.3 Å². The number of hydrogen-bond acceptors (Lipinski definition) is 3. The van der Waals surface area contributed by atoms with Gasteiger partial charge in [0.25, 0.3) is 0 Å². The molecule has 2 heterocycles. The zero-order chi connectivity index (χ0) is 16.2. The van der Waals surface area contributed by atoms with E-state index in [2.05, 4.69) is 10.2 Å². The van der Waals surface area contributed by atoms with E-state index in [0.717, 1.165) is 36.6 Å². The lowest BCUT2D eigenvalue weighted by atomic mass is 10.2. The molecule has 3 rings (SSSR count). The summed E-state index contributed by atoms with van der Waals surface area (Å²) in [5.41, 5.74) is 1.65. The lowest BCUT2D eigenvalue weighted by Gasteiger charge is -2.34. The third-order valence-corrected chi connectivity index (χ3v) is 4.54. The van der Waals surface area contributed by atoms with Gasteiger partial charge in [-0.2, -0.15) is 0 Å². The molecular weight excluding hydrogens is 314 g/mol. The fraction of sp³-hybridized carbons (Fsp3) is 0.353. The maximum absolute atomic E-state index is 12.4. The van der Waals surface area contributed by atoms with Crippen molar-refractivity contribution in [1.29, 1.82) is 0 Å². The number of urea groups is 1. The molecule has 0 aliphatic carbocycles. The number of hydrogen-bond donors (Lipinski definition) is 1. The van der Waals surface area contributed by atoms with Crippen LogP contribution in [0.2, 0.25) is 5.02 Å². The number of halogens is 1. The average Bonchev–Trinajstić information content (AvgIpc) is 3.05. The van der Waals surface area contributed by atoms with Crippen molar-refractivity contribution in [2.45, 2.75) is 13.5 Å². The van der Waals surface area contributed by atoms with Crippen LogP contribution in [0.25, 0.3) is 0 Å². The Morgan fingerprint density at radius 2 is 2.00 bits per heavy atom. The smallest absolute Gasteiger partial charge is 0.321 e. The molecule has 1 aromatic heterocycles. The molecule has 1 fully saturated rings. The van der Waals surface area contributed by atoms with Crippen LogP contribution >= 0.6 is 11.6 Å². The topological polar surface area (TPSA) is 48.7 Å². The highest BCUT2D eigenvalue weighted by Crippen LogP contribution is 2.23. The van der Waals surface area contributed by atoms with E-state index in [9.17, 15) is 4.79 Å². The lowest BCUT2D eigenvalue weighted by Crippen LogP contribution is -2.49. The van der Waals surface area contributed by atoms with Crippen molar-refractivity contribution in [3.8, 4) is 0 Å². The van der Waals surface area contributed by atoms with Gasteiger partial charge in [0.05, 0.1) is 12.8 Å². The van der Waals surface area contributed by atoms with E-state index < -0.39 is 0 Å². The number of anilines is 1. The summed E-state index contributed by atoms with van der Waals surface area (Å²) < 4.78 is 5.37. The van der Waals surface area contributed by atoms with Crippen molar-refractivity contribution in [2.75, 3.05) is 31.5 Å². The Labute approximate surface area is 140 Å². The molecule has 2 aromatic rings. The van der Waals surface area contributed by atoms with Crippen LogP contribution in [0.5, 0.6) is 0 Å². The first-order chi connectivity index (χ1) is 11.1. The van der Waals surface area contributed by atoms with Crippen molar-refractivity contribution in [1.82, 2.24) is 9.80 Å². The molecule has 23 heavy (non-hydrogen) atoms. The van der Waals surface area contributed by atoms with E-state index in [1.165, 1.54) is 0 Å². The van der Waals surface area contributed by atoms with Gasteiger partial charge >= 0.3 is 6.03 Å². The zero-order valence-electron chi connectivity index (χ0n) is 13.1. The maximum atomic E-state index is 12.4. The maximum Gasteiger partial charge on any atom is 0.321 e. The first kappa shape index (κ1) is 15.9. The molecule has 0 saturated carbocycles. The van der Waals surface area contributed by atoms with Crippen LogP contribution < -0.4 is 5.32 Å². The lowest BCUT2D eigenvalue weighted by molar-refractivity contribution is 0.137. The van der Waals surface area contributed by atoms with Gasteiger partial charge in [-0.3, -0.25) is 4.90 Å². The number of piperazine rings is 1. The van der Waals surface area contributed by atoms with Crippen molar-refractivity contribution < 1.29 is 9.21 Å². The summed E-state index contributed by atoms with van der Waals surface area (Å²) in [5.74, 6) is 0.956. The van der Waals surface area contributed by atoms with E-state index in [1.54, 1.807) is 6.26 Å². The first-order valence-corrected chi connectivity index (χ1v) is 8.07. The second kappa shape index (κ2) is 7.06. The summed E-state index contributed by atoms with van der Waals surface area (Å²) in [6.45, 7) is 5.76. The van der Waals surface area contributed by atoms with Crippen LogP contribution in [0.1, 0.15) is 11.3 Å². The van der Waals surface area contributed by atoms with Crippen LogP contribution in [-0.4, -0.2) is 42.0 Å². The van der Waals surface area contributed by atoms with Crippen molar-refractivity contribution in [3.63, 3.8) is 0 Å². The molecule has 0 radical (unpaired) electrons. The number of rotatable bonds is 3. The monoisotopic (exact) mass is 333 g/mol. The predicted molar refractivity (Wildman–Crippen MR) is 90.8 cm³/mol. The molecule has 1 aliphatic heterocycles. The minimum Gasteiger partial charge on any atom is -0.468 e. The molecule has 0 unspecified atom stereocenters. The van der Waals surface area contributed by atoms with Crippen molar-refractivity contribution in [2.24, 2.45) is 0 Å². The van der Waals surface area contributed by atoms with Gasteiger partial charge in [0.2, 0.25) is 0 Å². The highest BCUT2D eigenvalue weighted by Gasteiger charge is 2.22. The first-order valence-electron chi connectivity index (χ1n) is 7.69. The molecule has 1 saturated heterocycles. The number of carbonyl (C=O) groups is 1. The summed E-state index contributed by atoms with van der Waals surface area (Å²) in [6, 6.07) is 9.32. The number of nitrogens with one attached hydrogen (secondary N) is 1. The number of carbonyl (C=O) groups excluding carboxylic acids is 1. The Morgan fingerprint density at radius 1 is 1.22 bits per heavy atom. The molecule has 1 N–H and O–H groups in total. The van der Waals surface area contributed by atoms with Gasteiger partial charge in [-0.25, -0.2) is 4.79 Å². The van der Waals surface area contributed by atoms with E-state index in [-0.39, 0.29) is 6.03 Å². The van der Waals surface area contributed by atoms with E-state index in [4.69, 9.17) is 16.0 Å². The zero-order valence-corrected chi connectivity index (χ0v) is 13.8. The number of amides is 2. The highest BCUT2D eigenvalue weighted by atomic mass is 35.5. The van der Waals surface area contributed by atoms with Crippen LogP contribution in [-0.2, 0) is 6.54 Å². The molecular formula is C17H20ClN3O2. The quantitative estimate of drug-likeness (QED) is 0.933. The average molecular weight is 334 g/mol. The van der Waals surface area contributed by atoms with Gasteiger partial charge in [-0.15, -0.1) is 0 Å². The molecule has 0 spiro atoms. The molecule has 0 atom stereocenters. The number of nitrogens with zero attached hydrogens (tertiary/aromatic N) is 2. The number of benzene rings is 1. The Bertz CT molecular complexity index is 664. The molecule has 122 valence electrons. The van der Waals surface area contributed by atoms with Gasteiger partial charge in [0.1, 0.15) is 5.76 Å². The largest absolute Gasteiger partial charge is 0.468 e. The van der Waals surface area contributed by atoms with E-state index >= 15 is 0 Å². The van der Waals surface area contributed by atoms with Crippen molar-refractivity contribution in [3.05, 3.63) is 52.9 Å². The third kappa shape index (κ3) is 3.86. The third-order valence-electron chi connectivity index (χ3n) is 4.13. The molecule has 5 nitrogen and oxygen atoms in total. The van der Waals surface area contributed by atoms with Crippen LogP contribution in [0, 0.1) is 6.92 Å². The predicted octanol–water partition coefficient (Wildman–Crippen LogP) is 3.59. The second-order valence-corrected chi connectivity index (χ2v) is 6.09. The van der Waals surface area contributed by atoms with Gasteiger partial charge < -0.3 is 14.6 Å². The summed E-state index contributed by atoms with van der Waals surface area (Å²) in [4.78, 5) is 16.5. The fourth-order valence-electron chi connectivity index (χ4n) is 2.67. The summed E-state index contributed by atoms with van der Waals surface area (Å²) in [6.07, 6.45) is 1.69. The summed E-state index contributed by atoms with van der Waals surface area (Å²) in [7, 11) is 0. The van der Waals surface area contributed by atoms with Gasteiger partial charge in [0, 0.05) is 36.9 Å². The van der Waals surface area contributed by atoms with E-state index in [0.29, 0.717) is 18.1 Å². The molecule has 1 aromatic carbocycles. The number of furan rings is 1. The Kier molecular flexibility index (Phi) is 4.88. The Hall–Kier alpha value is -1.98. The minimum atomic E-state index is -0.0759. The Morgan fingerprint density at radius 3 is 2.70 bits per heavy atom. The standard InChI is InChI=1S/C17H20ClN3O2/c1-13-15(18)5-2-6-16(13)19-17(22)21-9-7-20(8-10-21)12-14-4-3-11-23-14/h2-6,11H,7-10,12H2,1H3,(H,19,22). The fourth-order valence-corrected chi connectivity index (χ4v) is 2.84. The second-order valence-electron chi connectivity index (χ2n) is 5.69. The summed E-state index contributed by atoms with van der Waals surface area (Å²) in [5, 5.41) is 3.61. The van der Waals surface area contributed by atoms with Crippen LogP contribution in [0.4, 0.5) is 10.5 Å². The van der Waals surface area contributed by atoms with Crippen LogP contribution in [0.15, 0.2) is 41.0 Å². The SMILES string of the molecule is Cc1c(Cl)cccc1NC(=O)N1CCN(Cc2ccco2)CC1. The summed E-state index contributed by atoms with van der Waals surface area (Å²) >= 11 is 6.09. The van der Waals surface area contributed by atoms with Gasteiger partial charge in [-0.1, -0.05) is 17.7 Å². The minimum absolute atomic E-state index is 0.0759. The Balaban J connectivity index is 1.53. The highest BCUT2D eigenvalue weighted by molar-refractivity contribution is 6.31. The van der Waals surface area contributed by atoms with E-state index in [1.807, 2.05) is 42.2 Å².